The summed E-state index contributed by atoms with van der Waals surface area (Å²) in [6.45, 7) is 5.01. The summed E-state index contributed by atoms with van der Waals surface area (Å²) in [4.78, 5) is 23.6. The maximum Gasteiger partial charge on any atom is 0.244 e. The highest BCUT2D eigenvalue weighted by atomic mass is 32.2. The van der Waals surface area contributed by atoms with Gasteiger partial charge in [0.25, 0.3) is 0 Å². The van der Waals surface area contributed by atoms with Crippen LogP contribution in [0.25, 0.3) is 11.4 Å². The topological polar surface area (TPSA) is 190 Å². The van der Waals surface area contributed by atoms with Gasteiger partial charge in [-0.2, -0.15) is 0 Å². The minimum Gasteiger partial charge on any atom is -0.494 e. The molecule has 2 heterocycles. The number of nitrogens with zero attached hydrogens (tertiary/aromatic N) is 6. The summed E-state index contributed by atoms with van der Waals surface area (Å²) < 4.78 is 15.1. The molecule has 4 rings (SSSR count). The fourth-order valence-electron chi connectivity index (χ4n) is 4.26. The van der Waals surface area contributed by atoms with Crippen molar-refractivity contribution in [2.24, 2.45) is 11.7 Å². The van der Waals surface area contributed by atoms with E-state index >= 15 is 0 Å². The Balaban J connectivity index is 1.49. The molecule has 14 nitrogen and oxygen atoms in total. The number of carbonyl (C=O) groups is 2. The van der Waals surface area contributed by atoms with Crippen LogP contribution < -0.4 is 32.0 Å². The first-order chi connectivity index (χ1) is 21.5. The number of benzene rings is 2. The fraction of sp³-hybridized carbons (Fsp3) is 0.357. The monoisotopic (exact) mass is 640 g/mol. The summed E-state index contributed by atoms with van der Waals surface area (Å²) in [7, 11) is 0. The molecule has 0 bridgehead atoms. The fourth-order valence-corrected chi connectivity index (χ4v) is 5.82. The summed E-state index contributed by atoms with van der Waals surface area (Å²) in [5.41, 5.74) is 6.01. The number of hydrazine groups is 2. The molecule has 2 aromatic carbocycles. The number of nitrogens with one attached hydrogen (secondary N) is 2. The van der Waals surface area contributed by atoms with Gasteiger partial charge in [0.1, 0.15) is 23.1 Å². The normalized spacial score (nSPS) is 10.9. The number of aryl methyl sites for hydroxylation is 2. The molecular weight excluding hydrogens is 605 g/mol. The van der Waals surface area contributed by atoms with Gasteiger partial charge in [0.05, 0.1) is 24.7 Å². The van der Waals surface area contributed by atoms with E-state index in [1.54, 1.807) is 0 Å². The van der Waals surface area contributed by atoms with Crippen molar-refractivity contribution < 1.29 is 19.1 Å². The van der Waals surface area contributed by atoms with Crippen molar-refractivity contribution in [2.75, 3.05) is 24.7 Å². The molecule has 0 aliphatic rings. The van der Waals surface area contributed by atoms with E-state index in [-0.39, 0.29) is 23.3 Å². The molecule has 0 unspecified atom stereocenters. The Kier molecular flexibility index (Phi) is 12.4. The number of unbranched alkanes of at least 4 members (excludes halogenated alkanes) is 1. The predicted molar refractivity (Wildman–Crippen MR) is 168 cm³/mol. The highest BCUT2D eigenvalue weighted by Gasteiger charge is 2.18. The van der Waals surface area contributed by atoms with Crippen molar-refractivity contribution in [3.8, 4) is 22.9 Å². The van der Waals surface area contributed by atoms with Crippen molar-refractivity contribution in [3.05, 3.63) is 60.2 Å². The van der Waals surface area contributed by atoms with Crippen molar-refractivity contribution in [1.29, 1.82) is 0 Å². The van der Waals surface area contributed by atoms with Crippen molar-refractivity contribution >= 4 is 35.3 Å². The van der Waals surface area contributed by atoms with E-state index in [4.69, 9.17) is 21.2 Å². The van der Waals surface area contributed by atoms with E-state index in [9.17, 15) is 9.59 Å². The number of nitrogens with two attached hydrogens (primary N) is 2. The van der Waals surface area contributed by atoms with E-state index < -0.39 is 0 Å². The van der Waals surface area contributed by atoms with Crippen LogP contribution in [0, 0.1) is 0 Å². The van der Waals surface area contributed by atoms with Gasteiger partial charge >= 0.3 is 0 Å². The van der Waals surface area contributed by atoms with Crippen molar-refractivity contribution in [3.63, 3.8) is 0 Å². The van der Waals surface area contributed by atoms with Gasteiger partial charge in [0.15, 0.2) is 10.3 Å². The van der Waals surface area contributed by atoms with Crippen LogP contribution in [0.15, 0.2) is 58.8 Å². The Bertz CT molecular complexity index is 1400. The molecule has 0 aliphatic heterocycles. The van der Waals surface area contributed by atoms with Gasteiger partial charge in [-0.05, 0) is 75.2 Å². The Morgan fingerprint density at radius 1 is 0.682 bits per heavy atom. The number of ether oxygens (including phenoxy) is 2. The Labute approximate surface area is 263 Å². The standard InChI is InChI=1S/C28H36N10O4S2/c1-3-41-21-13-9-19(10-14-21)37-23(33-35-27(37)43-17-25(39)31-29)7-5-6-8-24-34-36-28(44-18-26(40)32-30)38(24)20-11-15-22(16-12-20)42-4-2/h9-16H,3-8,17-18,29-30H2,1-2H3,(H,31,39)(H,32,40). The summed E-state index contributed by atoms with van der Waals surface area (Å²) in [5, 5.41) is 18.8. The van der Waals surface area contributed by atoms with Crippen molar-refractivity contribution in [1.82, 2.24) is 40.4 Å². The molecule has 0 atom stereocenters. The first-order valence-electron chi connectivity index (χ1n) is 14.1. The molecule has 0 radical (unpaired) electrons. The van der Waals surface area contributed by atoms with Crippen LogP contribution in [0.1, 0.15) is 38.3 Å². The zero-order valence-corrected chi connectivity index (χ0v) is 26.2. The van der Waals surface area contributed by atoms with Gasteiger partial charge in [-0.15, -0.1) is 20.4 Å². The number of carbonyl (C=O) groups excluding carboxylic acids is 2. The lowest BCUT2D eigenvalue weighted by molar-refractivity contribution is -0.119. The minimum absolute atomic E-state index is 0.111. The molecular formula is C28H36N10O4S2. The maximum absolute atomic E-state index is 11.8. The predicted octanol–water partition coefficient (Wildman–Crippen LogP) is 2.37. The van der Waals surface area contributed by atoms with Crippen molar-refractivity contribution in [2.45, 2.75) is 49.8 Å². The number of hydrogen-bond acceptors (Lipinski definition) is 12. The van der Waals surface area contributed by atoms with E-state index in [1.807, 2.05) is 71.5 Å². The second-order valence-corrected chi connectivity index (χ2v) is 11.1. The Hall–Kier alpha value is -4.12. The molecule has 6 N–H and O–H groups in total. The zero-order chi connectivity index (χ0) is 31.3. The largest absolute Gasteiger partial charge is 0.494 e. The van der Waals surface area contributed by atoms with Crippen LogP contribution in [-0.2, 0) is 22.4 Å². The lowest BCUT2D eigenvalue weighted by Gasteiger charge is -2.12. The van der Waals surface area contributed by atoms with Gasteiger partial charge in [0, 0.05) is 24.2 Å². The van der Waals surface area contributed by atoms with Gasteiger partial charge < -0.3 is 9.47 Å². The highest BCUT2D eigenvalue weighted by molar-refractivity contribution is 8.00. The summed E-state index contributed by atoms with van der Waals surface area (Å²) in [6, 6.07) is 15.3. The van der Waals surface area contributed by atoms with E-state index in [2.05, 4.69) is 31.2 Å². The third-order valence-corrected chi connectivity index (χ3v) is 8.11. The molecule has 2 amide bonds. The molecule has 234 valence electrons. The summed E-state index contributed by atoms with van der Waals surface area (Å²) in [6.07, 6.45) is 2.85. The van der Waals surface area contributed by atoms with E-state index in [1.165, 1.54) is 23.5 Å². The second-order valence-electron chi connectivity index (χ2n) is 9.24. The molecule has 0 spiro atoms. The zero-order valence-electron chi connectivity index (χ0n) is 24.6. The van der Waals surface area contributed by atoms with Crippen LogP contribution in [0.4, 0.5) is 0 Å². The average Bonchev–Trinajstić information content (AvgIpc) is 3.65. The van der Waals surface area contributed by atoms with Gasteiger partial charge in [0.2, 0.25) is 11.8 Å². The molecule has 16 heteroatoms. The first-order valence-corrected chi connectivity index (χ1v) is 16.0. The molecule has 2 aromatic heterocycles. The van der Waals surface area contributed by atoms with Crippen LogP contribution in [0.5, 0.6) is 11.5 Å². The second kappa shape index (κ2) is 16.7. The molecule has 0 fully saturated rings. The minimum atomic E-state index is -0.310. The quantitative estimate of drug-likeness (QED) is 0.0434. The Morgan fingerprint density at radius 3 is 1.41 bits per heavy atom. The number of rotatable bonds is 17. The molecule has 44 heavy (non-hydrogen) atoms. The molecule has 0 saturated carbocycles. The number of amides is 2. The molecule has 0 saturated heterocycles. The summed E-state index contributed by atoms with van der Waals surface area (Å²) in [5.74, 6) is 13.2. The van der Waals surface area contributed by atoms with E-state index in [0.717, 1.165) is 47.4 Å². The number of aromatic nitrogens is 6. The SMILES string of the molecule is CCOc1ccc(-n2c(CCCCc3nnc(SCC(=O)NN)n3-c3ccc(OCC)cc3)nnc2SCC(=O)NN)cc1. The average molecular weight is 641 g/mol. The smallest absolute Gasteiger partial charge is 0.244 e. The van der Waals surface area contributed by atoms with Crippen LogP contribution in [-0.4, -0.2) is 66.1 Å². The lowest BCUT2D eigenvalue weighted by atomic mass is 10.1. The molecule has 0 aliphatic carbocycles. The first kappa shape index (κ1) is 32.8. The van der Waals surface area contributed by atoms with Crippen LogP contribution >= 0.6 is 23.5 Å². The summed E-state index contributed by atoms with van der Waals surface area (Å²) >= 11 is 2.51. The van der Waals surface area contributed by atoms with Crippen LogP contribution in [0.2, 0.25) is 0 Å². The number of thioether (sulfide) groups is 2. The van der Waals surface area contributed by atoms with Crippen LogP contribution in [0.3, 0.4) is 0 Å². The van der Waals surface area contributed by atoms with Gasteiger partial charge in [-0.1, -0.05) is 23.5 Å². The maximum atomic E-state index is 11.8. The third-order valence-electron chi connectivity index (χ3n) is 6.25. The van der Waals surface area contributed by atoms with Gasteiger partial charge in [-0.3, -0.25) is 29.6 Å². The van der Waals surface area contributed by atoms with E-state index in [0.29, 0.717) is 36.4 Å². The third kappa shape index (κ3) is 8.72. The lowest BCUT2D eigenvalue weighted by Crippen LogP contribution is -2.31. The number of hydrogen-bond donors (Lipinski definition) is 4. The Morgan fingerprint density at radius 2 is 1.07 bits per heavy atom. The molecule has 4 aromatic rings. The highest BCUT2D eigenvalue weighted by Crippen LogP contribution is 2.27. The van der Waals surface area contributed by atoms with Gasteiger partial charge in [-0.25, -0.2) is 11.7 Å².